The standard InChI is InChI=1S/C12H18N4O/c1-4-16(11(13)14,12(15)17)10-8(2)6-5-7-9(10)3/h5-7H,4H2,1-3H3,(H4-,13,14,15,17)/p+1. The predicted molar refractivity (Wildman–Crippen MR) is 69.7 cm³/mol. The van der Waals surface area contributed by atoms with Gasteiger partial charge in [0.15, 0.2) is 5.69 Å². The number of guanidine groups is 1. The molecule has 0 spiro atoms. The van der Waals surface area contributed by atoms with Gasteiger partial charge in [-0.2, -0.15) is 0 Å². The lowest BCUT2D eigenvalue weighted by Crippen LogP contribution is -2.64. The number of nitrogens with two attached hydrogens (primary N) is 2. The maximum absolute atomic E-state index is 11.8. The van der Waals surface area contributed by atoms with Crippen molar-refractivity contribution in [1.29, 1.82) is 5.41 Å². The van der Waals surface area contributed by atoms with Gasteiger partial charge < -0.3 is 11.5 Å². The van der Waals surface area contributed by atoms with Crippen molar-refractivity contribution in [2.75, 3.05) is 6.54 Å². The summed E-state index contributed by atoms with van der Waals surface area (Å²) in [6, 6.07) is 5.05. The summed E-state index contributed by atoms with van der Waals surface area (Å²) in [5, 5.41) is 7.71. The number of quaternary nitrogens is 1. The first-order valence-corrected chi connectivity index (χ1v) is 5.47. The van der Waals surface area contributed by atoms with Gasteiger partial charge in [0.05, 0.1) is 6.54 Å². The van der Waals surface area contributed by atoms with Crippen LogP contribution in [-0.4, -0.2) is 18.5 Å². The minimum absolute atomic E-state index is 0.252. The summed E-state index contributed by atoms with van der Waals surface area (Å²) in [6.07, 6.45) is 0. The number of nitrogens with one attached hydrogen (secondary N) is 1. The molecular weight excluding hydrogens is 216 g/mol. The molecule has 0 saturated carbocycles. The Morgan fingerprint density at radius 3 is 2.06 bits per heavy atom. The fraction of sp³-hybridized carbons (Fsp3) is 0.333. The van der Waals surface area contributed by atoms with Gasteiger partial charge >= 0.3 is 12.0 Å². The summed E-state index contributed by atoms with van der Waals surface area (Å²) >= 11 is 0. The SMILES string of the molecule is CC[N+](C(=N)N)(C(N)=O)c1c(C)cccc1C. The number of hydrogen-bond acceptors (Lipinski definition) is 2. The highest BCUT2D eigenvalue weighted by Gasteiger charge is 2.42. The average molecular weight is 235 g/mol. The molecule has 0 radical (unpaired) electrons. The Kier molecular flexibility index (Phi) is 3.53. The van der Waals surface area contributed by atoms with Crippen molar-refractivity contribution in [1.82, 2.24) is 4.48 Å². The number of aryl methyl sites for hydroxylation is 2. The van der Waals surface area contributed by atoms with Gasteiger partial charge in [0.1, 0.15) is 0 Å². The lowest BCUT2D eigenvalue weighted by molar-refractivity contribution is 0.230. The van der Waals surface area contributed by atoms with Gasteiger partial charge in [0.2, 0.25) is 0 Å². The molecule has 0 aliphatic rings. The van der Waals surface area contributed by atoms with E-state index in [1.165, 1.54) is 0 Å². The van der Waals surface area contributed by atoms with Crippen LogP contribution in [0.5, 0.6) is 0 Å². The van der Waals surface area contributed by atoms with Crippen molar-refractivity contribution >= 4 is 17.7 Å². The van der Waals surface area contributed by atoms with Gasteiger partial charge in [-0.15, -0.1) is 4.48 Å². The molecule has 5 nitrogen and oxygen atoms in total. The molecule has 17 heavy (non-hydrogen) atoms. The topological polar surface area (TPSA) is 93.0 Å². The van der Waals surface area contributed by atoms with Crippen LogP contribution in [-0.2, 0) is 0 Å². The number of carbonyl (C=O) groups excluding carboxylic acids is 1. The van der Waals surface area contributed by atoms with Gasteiger partial charge in [-0.1, -0.05) is 18.2 Å². The maximum Gasteiger partial charge on any atom is 0.426 e. The van der Waals surface area contributed by atoms with Gasteiger partial charge in [-0.05, 0) is 20.8 Å². The summed E-state index contributed by atoms with van der Waals surface area (Å²) < 4.78 is -0.418. The van der Waals surface area contributed by atoms with Gasteiger partial charge in [0, 0.05) is 11.1 Å². The molecule has 1 atom stereocenters. The molecule has 2 amide bonds. The fourth-order valence-corrected chi connectivity index (χ4v) is 2.24. The number of para-hydroxylation sites is 1. The first kappa shape index (κ1) is 13.2. The fourth-order valence-electron chi connectivity index (χ4n) is 2.24. The first-order valence-electron chi connectivity index (χ1n) is 5.47. The molecule has 0 bridgehead atoms. The Labute approximate surface area is 101 Å². The Morgan fingerprint density at radius 1 is 1.29 bits per heavy atom. The highest BCUT2D eigenvalue weighted by molar-refractivity contribution is 6.08. The molecular formula is C12H19N4O+. The minimum Gasteiger partial charge on any atom is -0.337 e. The third-order valence-corrected chi connectivity index (χ3v) is 3.08. The van der Waals surface area contributed by atoms with Crippen LogP contribution in [0.4, 0.5) is 10.5 Å². The van der Waals surface area contributed by atoms with Crippen molar-refractivity contribution in [3.63, 3.8) is 0 Å². The Morgan fingerprint density at radius 2 is 1.76 bits per heavy atom. The number of urea groups is 1. The van der Waals surface area contributed by atoms with Crippen LogP contribution >= 0.6 is 0 Å². The van der Waals surface area contributed by atoms with E-state index in [1.807, 2.05) is 32.0 Å². The van der Waals surface area contributed by atoms with Crippen molar-refractivity contribution < 1.29 is 4.79 Å². The minimum atomic E-state index is -0.627. The molecule has 5 N–H and O–H groups in total. The molecule has 1 rings (SSSR count). The lowest BCUT2D eigenvalue weighted by Gasteiger charge is -2.31. The van der Waals surface area contributed by atoms with Crippen LogP contribution in [0.15, 0.2) is 18.2 Å². The molecule has 0 aliphatic heterocycles. The zero-order chi connectivity index (χ0) is 13.2. The van der Waals surface area contributed by atoms with Crippen molar-refractivity contribution in [3.05, 3.63) is 29.3 Å². The smallest absolute Gasteiger partial charge is 0.337 e. The van der Waals surface area contributed by atoms with Crippen LogP contribution in [0.3, 0.4) is 0 Å². The van der Waals surface area contributed by atoms with Crippen molar-refractivity contribution in [2.24, 2.45) is 11.5 Å². The van der Waals surface area contributed by atoms with Crippen LogP contribution in [0.1, 0.15) is 18.1 Å². The molecule has 0 heterocycles. The summed E-state index contributed by atoms with van der Waals surface area (Å²) in [5.41, 5.74) is 13.6. The van der Waals surface area contributed by atoms with Crippen LogP contribution in [0, 0.1) is 19.3 Å². The number of nitrogens with zero attached hydrogens (tertiary/aromatic N) is 1. The Bertz CT molecular complexity index is 433. The molecule has 1 unspecified atom stereocenters. The second-order valence-electron chi connectivity index (χ2n) is 4.09. The second-order valence-corrected chi connectivity index (χ2v) is 4.09. The van der Waals surface area contributed by atoms with E-state index in [4.69, 9.17) is 16.9 Å². The van der Waals surface area contributed by atoms with E-state index in [1.54, 1.807) is 6.92 Å². The highest BCUT2D eigenvalue weighted by Crippen LogP contribution is 2.30. The predicted octanol–water partition coefficient (Wildman–Crippen LogP) is 1.60. The number of carbonyl (C=O) groups is 1. The van der Waals surface area contributed by atoms with E-state index in [0.717, 1.165) is 11.1 Å². The Hall–Kier alpha value is -1.88. The van der Waals surface area contributed by atoms with E-state index in [0.29, 0.717) is 12.2 Å². The van der Waals surface area contributed by atoms with E-state index >= 15 is 0 Å². The molecule has 0 saturated heterocycles. The summed E-state index contributed by atoms with van der Waals surface area (Å²) in [5.74, 6) is -0.252. The van der Waals surface area contributed by atoms with Gasteiger partial charge in [-0.3, -0.25) is 0 Å². The largest absolute Gasteiger partial charge is 0.426 e. The zero-order valence-corrected chi connectivity index (χ0v) is 10.4. The number of benzene rings is 1. The van der Waals surface area contributed by atoms with E-state index in [9.17, 15) is 4.79 Å². The molecule has 1 aromatic carbocycles. The molecule has 0 fully saturated rings. The maximum atomic E-state index is 11.8. The number of amides is 2. The van der Waals surface area contributed by atoms with E-state index in [2.05, 4.69) is 0 Å². The Balaban J connectivity index is 3.64. The van der Waals surface area contributed by atoms with Crippen LogP contribution < -0.4 is 16.0 Å². The molecule has 0 aliphatic carbocycles. The van der Waals surface area contributed by atoms with Gasteiger partial charge in [-0.25, -0.2) is 10.2 Å². The molecule has 5 heteroatoms. The van der Waals surface area contributed by atoms with Crippen molar-refractivity contribution in [3.8, 4) is 0 Å². The van der Waals surface area contributed by atoms with Crippen LogP contribution in [0.25, 0.3) is 0 Å². The highest BCUT2D eigenvalue weighted by atomic mass is 16.2. The number of hydrogen-bond donors (Lipinski definition) is 3. The van der Waals surface area contributed by atoms with Gasteiger partial charge in [0.25, 0.3) is 0 Å². The summed E-state index contributed by atoms with van der Waals surface area (Å²) in [7, 11) is 0. The quantitative estimate of drug-likeness (QED) is 0.412. The number of rotatable bonds is 2. The van der Waals surface area contributed by atoms with E-state index in [-0.39, 0.29) is 5.96 Å². The second kappa shape index (κ2) is 4.55. The monoisotopic (exact) mass is 235 g/mol. The summed E-state index contributed by atoms with van der Waals surface area (Å²) in [6.45, 7) is 5.89. The molecule has 1 aromatic rings. The molecule has 92 valence electrons. The lowest BCUT2D eigenvalue weighted by atomic mass is 10.1. The normalized spacial score (nSPS) is 14.1. The van der Waals surface area contributed by atoms with Crippen molar-refractivity contribution in [2.45, 2.75) is 20.8 Å². The average Bonchev–Trinajstić information content (AvgIpc) is 2.22. The summed E-state index contributed by atoms with van der Waals surface area (Å²) in [4.78, 5) is 11.8. The molecule has 0 aromatic heterocycles. The zero-order valence-electron chi connectivity index (χ0n) is 10.4. The van der Waals surface area contributed by atoms with E-state index < -0.39 is 10.5 Å². The third-order valence-electron chi connectivity index (χ3n) is 3.08. The third kappa shape index (κ3) is 1.89. The number of primary amides is 1. The first-order chi connectivity index (χ1) is 7.87. The van der Waals surface area contributed by atoms with Crippen LogP contribution in [0.2, 0.25) is 0 Å².